The van der Waals surface area contributed by atoms with Gasteiger partial charge in [0, 0.05) is 20.3 Å². The smallest absolute Gasteiger partial charge is 0.329 e. The third kappa shape index (κ3) is 4.31. The molecule has 1 heterocycles. The van der Waals surface area contributed by atoms with Gasteiger partial charge in [0.2, 0.25) is 5.91 Å². The fraction of sp³-hybridized carbons (Fsp3) is 0.286. The zero-order valence-electron chi connectivity index (χ0n) is 16.8. The molecular formula is C21H23N3O5. The summed E-state index contributed by atoms with van der Waals surface area (Å²) in [5.74, 6) is 1.43. The Bertz CT molecular complexity index is 944. The SMILES string of the molecule is COc1ccc(C=Nc2ccccc2OC2CC(=O)N(C)C(=O)N2C)cc1OC. The number of hydrogen-bond donors (Lipinski definition) is 0. The number of imide groups is 1. The number of carbonyl (C=O) groups is 2. The molecule has 0 aliphatic carbocycles. The summed E-state index contributed by atoms with van der Waals surface area (Å²) in [6.45, 7) is 0. The molecule has 2 aromatic carbocycles. The van der Waals surface area contributed by atoms with Gasteiger partial charge >= 0.3 is 6.03 Å². The molecule has 152 valence electrons. The number of nitrogens with zero attached hydrogens (tertiary/aromatic N) is 3. The molecule has 1 saturated heterocycles. The van der Waals surface area contributed by atoms with E-state index in [1.165, 1.54) is 11.9 Å². The van der Waals surface area contributed by atoms with E-state index in [0.29, 0.717) is 22.9 Å². The topological polar surface area (TPSA) is 80.7 Å². The highest BCUT2D eigenvalue weighted by Crippen LogP contribution is 2.31. The molecule has 0 N–H and O–H groups in total. The van der Waals surface area contributed by atoms with Crippen LogP contribution in [0.1, 0.15) is 12.0 Å². The van der Waals surface area contributed by atoms with E-state index >= 15 is 0 Å². The third-order valence-corrected chi connectivity index (χ3v) is 4.63. The normalized spacial score (nSPS) is 17.0. The molecule has 3 amide bonds. The van der Waals surface area contributed by atoms with Crippen LogP contribution in [0.5, 0.6) is 17.2 Å². The highest BCUT2D eigenvalue weighted by atomic mass is 16.5. The number of hydrogen-bond acceptors (Lipinski definition) is 6. The van der Waals surface area contributed by atoms with Crippen LogP contribution < -0.4 is 14.2 Å². The lowest BCUT2D eigenvalue weighted by atomic mass is 10.2. The zero-order chi connectivity index (χ0) is 21.0. The number of ether oxygens (including phenoxy) is 3. The zero-order valence-corrected chi connectivity index (χ0v) is 16.8. The Morgan fingerprint density at radius 2 is 1.72 bits per heavy atom. The number of para-hydroxylation sites is 2. The molecule has 1 atom stereocenters. The number of urea groups is 1. The van der Waals surface area contributed by atoms with Gasteiger partial charge in [-0.1, -0.05) is 12.1 Å². The second kappa shape index (κ2) is 8.64. The molecule has 3 rings (SSSR count). The quantitative estimate of drug-likeness (QED) is 0.700. The Hall–Kier alpha value is -3.55. The largest absolute Gasteiger partial charge is 0.493 e. The highest BCUT2D eigenvalue weighted by molar-refractivity contribution is 5.96. The molecule has 8 nitrogen and oxygen atoms in total. The van der Waals surface area contributed by atoms with Gasteiger partial charge in [0.05, 0.1) is 20.6 Å². The number of methoxy groups -OCH3 is 2. The molecule has 0 aromatic heterocycles. The average molecular weight is 397 g/mol. The van der Waals surface area contributed by atoms with Crippen molar-refractivity contribution in [1.82, 2.24) is 9.80 Å². The summed E-state index contributed by atoms with van der Waals surface area (Å²) in [6.07, 6.45) is 1.06. The first kappa shape index (κ1) is 20.2. The molecule has 29 heavy (non-hydrogen) atoms. The number of amides is 3. The van der Waals surface area contributed by atoms with Crippen LogP contribution in [0.25, 0.3) is 0 Å². The van der Waals surface area contributed by atoms with Gasteiger partial charge in [-0.2, -0.15) is 0 Å². The van der Waals surface area contributed by atoms with E-state index < -0.39 is 12.3 Å². The monoisotopic (exact) mass is 397 g/mol. The van der Waals surface area contributed by atoms with Gasteiger partial charge in [-0.3, -0.25) is 19.6 Å². The van der Waals surface area contributed by atoms with Crippen LogP contribution >= 0.6 is 0 Å². The molecule has 0 spiro atoms. The van der Waals surface area contributed by atoms with Crippen LogP contribution in [-0.2, 0) is 4.79 Å². The van der Waals surface area contributed by atoms with Crippen molar-refractivity contribution < 1.29 is 23.8 Å². The molecule has 2 aromatic rings. The lowest BCUT2D eigenvalue weighted by Crippen LogP contribution is -2.55. The van der Waals surface area contributed by atoms with Crippen LogP contribution in [0.3, 0.4) is 0 Å². The third-order valence-electron chi connectivity index (χ3n) is 4.63. The summed E-state index contributed by atoms with van der Waals surface area (Å²) in [7, 11) is 6.21. The fourth-order valence-corrected chi connectivity index (χ4v) is 2.90. The highest BCUT2D eigenvalue weighted by Gasteiger charge is 2.35. The number of aliphatic imine (C=N–C) groups is 1. The predicted octanol–water partition coefficient (Wildman–Crippen LogP) is 3.07. The summed E-state index contributed by atoms with van der Waals surface area (Å²) in [4.78, 5) is 31.1. The maximum Gasteiger partial charge on any atom is 0.329 e. The van der Waals surface area contributed by atoms with E-state index in [2.05, 4.69) is 4.99 Å². The van der Waals surface area contributed by atoms with Crippen LogP contribution in [0, 0.1) is 0 Å². The van der Waals surface area contributed by atoms with Gasteiger partial charge in [-0.25, -0.2) is 4.79 Å². The van der Waals surface area contributed by atoms with Crippen molar-refractivity contribution in [3.05, 3.63) is 48.0 Å². The Labute approximate surface area is 169 Å². The second-order valence-electron chi connectivity index (χ2n) is 6.46. The summed E-state index contributed by atoms with van der Waals surface area (Å²) in [5.41, 5.74) is 1.40. The molecule has 1 fully saturated rings. The lowest BCUT2D eigenvalue weighted by molar-refractivity contribution is -0.135. The predicted molar refractivity (Wildman–Crippen MR) is 108 cm³/mol. The molecule has 0 radical (unpaired) electrons. The Balaban J connectivity index is 1.82. The maximum absolute atomic E-state index is 12.1. The minimum Gasteiger partial charge on any atom is -0.493 e. The van der Waals surface area contributed by atoms with E-state index in [1.807, 2.05) is 24.3 Å². The van der Waals surface area contributed by atoms with Crippen molar-refractivity contribution in [2.45, 2.75) is 12.6 Å². The fourth-order valence-electron chi connectivity index (χ4n) is 2.90. The Kier molecular flexibility index (Phi) is 6.01. The van der Waals surface area contributed by atoms with Gasteiger partial charge in [0.25, 0.3) is 0 Å². The maximum atomic E-state index is 12.1. The van der Waals surface area contributed by atoms with Gasteiger partial charge in [0.1, 0.15) is 11.4 Å². The van der Waals surface area contributed by atoms with Gasteiger partial charge in [0.15, 0.2) is 17.7 Å². The average Bonchev–Trinajstić information content (AvgIpc) is 2.75. The minimum atomic E-state index is -0.691. The molecule has 0 saturated carbocycles. The molecule has 1 aliphatic rings. The first-order valence-corrected chi connectivity index (χ1v) is 8.99. The Morgan fingerprint density at radius 3 is 2.45 bits per heavy atom. The summed E-state index contributed by atoms with van der Waals surface area (Å²) in [5, 5.41) is 0. The van der Waals surface area contributed by atoms with Crippen LogP contribution in [-0.4, -0.2) is 62.5 Å². The number of benzene rings is 2. The van der Waals surface area contributed by atoms with E-state index in [9.17, 15) is 9.59 Å². The van der Waals surface area contributed by atoms with Crippen molar-refractivity contribution in [1.29, 1.82) is 0 Å². The number of carbonyl (C=O) groups excluding carboxylic acids is 2. The van der Waals surface area contributed by atoms with E-state index in [1.54, 1.807) is 45.7 Å². The molecule has 0 bridgehead atoms. The van der Waals surface area contributed by atoms with E-state index in [4.69, 9.17) is 14.2 Å². The van der Waals surface area contributed by atoms with Gasteiger partial charge in [-0.05, 0) is 35.9 Å². The minimum absolute atomic E-state index is 0.0759. The second-order valence-corrected chi connectivity index (χ2v) is 6.46. The number of rotatable bonds is 6. The molecule has 8 heteroatoms. The first-order chi connectivity index (χ1) is 13.9. The standard InChI is InChI=1S/C21H23N3O5/c1-23-19(25)12-20(24(2)21(23)26)29-16-8-6-5-7-15(16)22-13-14-9-10-17(27-3)18(11-14)28-4/h5-11,13,20H,12H2,1-4H3. The van der Waals surface area contributed by atoms with Gasteiger partial charge < -0.3 is 14.2 Å². The van der Waals surface area contributed by atoms with Crippen LogP contribution in [0.2, 0.25) is 0 Å². The first-order valence-electron chi connectivity index (χ1n) is 8.99. The summed E-state index contributed by atoms with van der Waals surface area (Å²) in [6, 6.07) is 12.3. The Morgan fingerprint density at radius 1 is 1.00 bits per heavy atom. The summed E-state index contributed by atoms with van der Waals surface area (Å²) < 4.78 is 16.5. The molecule has 1 unspecified atom stereocenters. The van der Waals surface area contributed by atoms with Crippen molar-refractivity contribution in [3.63, 3.8) is 0 Å². The molecular weight excluding hydrogens is 374 g/mol. The lowest BCUT2D eigenvalue weighted by Gasteiger charge is -2.36. The van der Waals surface area contributed by atoms with Crippen molar-refractivity contribution in [2.24, 2.45) is 4.99 Å². The van der Waals surface area contributed by atoms with Crippen LogP contribution in [0.15, 0.2) is 47.5 Å². The van der Waals surface area contributed by atoms with Crippen LogP contribution in [0.4, 0.5) is 10.5 Å². The van der Waals surface area contributed by atoms with Crippen molar-refractivity contribution >= 4 is 23.8 Å². The van der Waals surface area contributed by atoms with Gasteiger partial charge in [-0.15, -0.1) is 0 Å². The van der Waals surface area contributed by atoms with Crippen molar-refractivity contribution in [3.8, 4) is 17.2 Å². The van der Waals surface area contributed by atoms with E-state index in [-0.39, 0.29) is 12.3 Å². The van der Waals surface area contributed by atoms with Crippen molar-refractivity contribution in [2.75, 3.05) is 28.3 Å². The van der Waals surface area contributed by atoms with E-state index in [0.717, 1.165) is 10.5 Å². The summed E-state index contributed by atoms with van der Waals surface area (Å²) >= 11 is 0. The molecule has 1 aliphatic heterocycles.